The second-order valence-electron chi connectivity index (χ2n) is 3.47. The van der Waals surface area contributed by atoms with Gasteiger partial charge in [0.25, 0.3) is 0 Å². The summed E-state index contributed by atoms with van der Waals surface area (Å²) in [5.74, 6) is -0.621. The Balaban J connectivity index is -0.000000500. The van der Waals surface area contributed by atoms with Crippen LogP contribution < -0.4 is 29.6 Å². The third-order valence-electron chi connectivity index (χ3n) is 0.813. The first-order valence-electron chi connectivity index (χ1n) is 3.52. The molecule has 0 heterocycles. The first-order valence-corrected chi connectivity index (χ1v) is 3.52. The monoisotopic (exact) mass is 182 g/mol. The van der Waals surface area contributed by atoms with E-state index in [4.69, 9.17) is 4.74 Å². The van der Waals surface area contributed by atoms with Gasteiger partial charge in [0.05, 0.1) is 0 Å². The van der Waals surface area contributed by atoms with Gasteiger partial charge in [0, 0.05) is 0 Å². The SMILES string of the molecule is CC(=O)CC(=O)OC(C)(C)C.[H-].[Na+]. The van der Waals surface area contributed by atoms with E-state index in [1.165, 1.54) is 6.92 Å². The Kier molecular flexibility index (Phi) is 7.00. The minimum atomic E-state index is -0.494. The first kappa shape index (κ1) is 14.7. The van der Waals surface area contributed by atoms with Crippen LogP contribution in [0, 0.1) is 0 Å². The summed E-state index contributed by atoms with van der Waals surface area (Å²) in [5.41, 5.74) is -0.494. The molecule has 0 aliphatic rings. The molecular formula is C8H15NaO3. The maximum Gasteiger partial charge on any atom is 1.00 e. The summed E-state index contributed by atoms with van der Waals surface area (Å²) < 4.78 is 4.89. The van der Waals surface area contributed by atoms with Crippen molar-refractivity contribution < 1.29 is 45.3 Å². The maximum absolute atomic E-state index is 10.8. The molecule has 0 bridgehead atoms. The van der Waals surface area contributed by atoms with E-state index in [0.717, 1.165) is 0 Å². The zero-order valence-corrected chi connectivity index (χ0v) is 10.4. The summed E-state index contributed by atoms with van der Waals surface area (Å²) in [5, 5.41) is 0. The Morgan fingerprint density at radius 1 is 1.33 bits per heavy atom. The first-order chi connectivity index (χ1) is 4.81. The molecule has 66 valence electrons. The van der Waals surface area contributed by atoms with Gasteiger partial charge in [-0.25, -0.2) is 0 Å². The Bertz CT molecular complexity index is 175. The van der Waals surface area contributed by atoms with Crippen LogP contribution in [0.5, 0.6) is 0 Å². The van der Waals surface area contributed by atoms with Crippen molar-refractivity contribution in [3.8, 4) is 0 Å². The van der Waals surface area contributed by atoms with Crippen LogP contribution in [0.25, 0.3) is 0 Å². The summed E-state index contributed by atoms with van der Waals surface area (Å²) >= 11 is 0. The minimum Gasteiger partial charge on any atom is -1.00 e. The molecule has 12 heavy (non-hydrogen) atoms. The number of Topliss-reactive ketones (excluding diaryl/α,β-unsaturated/α-hetero) is 1. The molecule has 0 radical (unpaired) electrons. The fourth-order valence-corrected chi connectivity index (χ4v) is 0.581. The van der Waals surface area contributed by atoms with Gasteiger partial charge < -0.3 is 6.16 Å². The van der Waals surface area contributed by atoms with Crippen LogP contribution in [-0.2, 0) is 14.3 Å². The predicted octanol–water partition coefficient (Wildman–Crippen LogP) is -1.58. The number of hydrogen-bond donors (Lipinski definition) is 0. The summed E-state index contributed by atoms with van der Waals surface area (Å²) in [6.07, 6.45) is -0.128. The van der Waals surface area contributed by atoms with Crippen molar-refractivity contribution in [3.05, 3.63) is 0 Å². The van der Waals surface area contributed by atoms with Crippen molar-refractivity contribution in [1.82, 2.24) is 0 Å². The van der Waals surface area contributed by atoms with E-state index in [2.05, 4.69) is 0 Å². The Hall–Kier alpha value is 0.140. The molecule has 4 heteroatoms. The van der Waals surface area contributed by atoms with E-state index in [1.54, 1.807) is 20.8 Å². The van der Waals surface area contributed by atoms with Crippen LogP contribution in [0.3, 0.4) is 0 Å². The molecule has 0 aromatic carbocycles. The number of ether oxygens (including phenoxy) is 1. The van der Waals surface area contributed by atoms with E-state index < -0.39 is 11.6 Å². The molecule has 0 aromatic heterocycles. The van der Waals surface area contributed by atoms with E-state index in [9.17, 15) is 9.59 Å². The van der Waals surface area contributed by atoms with Gasteiger partial charge in [-0.15, -0.1) is 0 Å². The molecule has 0 amide bonds. The molecule has 0 rings (SSSR count). The summed E-state index contributed by atoms with van der Waals surface area (Å²) in [7, 11) is 0. The number of carbonyl (C=O) groups is 2. The van der Waals surface area contributed by atoms with E-state index >= 15 is 0 Å². The third kappa shape index (κ3) is 10.1. The Morgan fingerprint density at radius 2 is 1.75 bits per heavy atom. The standard InChI is InChI=1S/C8H14O3.Na.H/c1-6(9)5-7(10)11-8(2,3)4;;/h5H2,1-4H3;;/q;+1;-1. The molecule has 0 spiro atoms. The minimum absolute atomic E-state index is 0. The normalized spacial score (nSPS) is 10.0. The van der Waals surface area contributed by atoms with Crippen molar-refractivity contribution in [1.29, 1.82) is 0 Å². The van der Waals surface area contributed by atoms with Gasteiger partial charge in [-0.3, -0.25) is 9.59 Å². The third-order valence-corrected chi connectivity index (χ3v) is 0.813. The van der Waals surface area contributed by atoms with Gasteiger partial charge in [-0.1, -0.05) is 0 Å². The topological polar surface area (TPSA) is 43.4 Å². The van der Waals surface area contributed by atoms with Gasteiger partial charge in [-0.05, 0) is 27.7 Å². The molecule has 0 aromatic rings. The van der Waals surface area contributed by atoms with Gasteiger partial charge >= 0.3 is 35.5 Å². The van der Waals surface area contributed by atoms with Crippen molar-refractivity contribution in [3.63, 3.8) is 0 Å². The second-order valence-corrected chi connectivity index (χ2v) is 3.47. The van der Waals surface area contributed by atoms with E-state index in [1.807, 2.05) is 0 Å². The molecule has 3 nitrogen and oxygen atoms in total. The smallest absolute Gasteiger partial charge is 1.00 e. The van der Waals surface area contributed by atoms with Crippen LogP contribution >= 0.6 is 0 Å². The number of esters is 1. The average molecular weight is 182 g/mol. The summed E-state index contributed by atoms with van der Waals surface area (Å²) in [4.78, 5) is 21.3. The van der Waals surface area contributed by atoms with Crippen molar-refractivity contribution in [2.75, 3.05) is 0 Å². The van der Waals surface area contributed by atoms with Gasteiger partial charge in [0.1, 0.15) is 17.8 Å². The largest absolute Gasteiger partial charge is 1.00 e. The Labute approximate surface area is 96.6 Å². The maximum atomic E-state index is 10.8. The van der Waals surface area contributed by atoms with E-state index in [-0.39, 0.29) is 43.2 Å². The fourth-order valence-electron chi connectivity index (χ4n) is 0.581. The molecular weight excluding hydrogens is 167 g/mol. The van der Waals surface area contributed by atoms with Crippen molar-refractivity contribution >= 4 is 11.8 Å². The molecule has 0 fully saturated rings. The average Bonchev–Trinajstić information content (AvgIpc) is 1.53. The molecule has 0 saturated heterocycles. The molecule has 0 saturated carbocycles. The van der Waals surface area contributed by atoms with Gasteiger partial charge in [-0.2, -0.15) is 0 Å². The van der Waals surface area contributed by atoms with Gasteiger partial charge in [0.15, 0.2) is 0 Å². The fraction of sp³-hybridized carbons (Fsp3) is 0.750. The summed E-state index contributed by atoms with van der Waals surface area (Å²) in [6, 6.07) is 0. The van der Waals surface area contributed by atoms with E-state index in [0.29, 0.717) is 0 Å². The number of rotatable bonds is 2. The predicted molar refractivity (Wildman–Crippen MR) is 42.3 cm³/mol. The molecule has 0 unspecified atom stereocenters. The number of carbonyl (C=O) groups excluding carboxylic acids is 2. The Morgan fingerprint density at radius 3 is 2.00 bits per heavy atom. The van der Waals surface area contributed by atoms with Crippen LogP contribution in [0.15, 0.2) is 0 Å². The van der Waals surface area contributed by atoms with Crippen LogP contribution in [0.4, 0.5) is 0 Å². The second kappa shape index (κ2) is 5.73. The van der Waals surface area contributed by atoms with Gasteiger partial charge in [0.2, 0.25) is 0 Å². The molecule has 0 atom stereocenters. The van der Waals surface area contributed by atoms with Crippen LogP contribution in [0.2, 0.25) is 0 Å². The van der Waals surface area contributed by atoms with Crippen LogP contribution in [-0.4, -0.2) is 17.4 Å². The quantitative estimate of drug-likeness (QED) is 0.294. The summed E-state index contributed by atoms with van der Waals surface area (Å²) in [6.45, 7) is 6.67. The molecule has 0 aliphatic carbocycles. The molecule has 0 aliphatic heterocycles. The van der Waals surface area contributed by atoms with Crippen LogP contribution in [0.1, 0.15) is 35.5 Å². The number of hydrogen-bond acceptors (Lipinski definition) is 3. The zero-order valence-electron chi connectivity index (χ0n) is 9.43. The number of ketones is 1. The van der Waals surface area contributed by atoms with Crippen molar-refractivity contribution in [2.24, 2.45) is 0 Å². The van der Waals surface area contributed by atoms with Crippen molar-refractivity contribution in [2.45, 2.75) is 39.7 Å². The zero-order chi connectivity index (χ0) is 9.07. The molecule has 0 N–H and O–H groups in total.